The van der Waals surface area contributed by atoms with Gasteiger partial charge in [0.1, 0.15) is 12.1 Å². The van der Waals surface area contributed by atoms with E-state index in [-0.39, 0.29) is 23.8 Å². The molecule has 34 heavy (non-hydrogen) atoms. The van der Waals surface area contributed by atoms with Crippen LogP contribution in [0.4, 0.5) is 5.82 Å². The lowest BCUT2D eigenvalue weighted by Gasteiger charge is -2.39. The van der Waals surface area contributed by atoms with E-state index in [1.807, 2.05) is 29.2 Å². The van der Waals surface area contributed by atoms with E-state index in [4.69, 9.17) is 0 Å². The SMILES string of the molecule is C[C@@H]1C[C@@H](O)c2ncnc(N3CCN(C(=O)[C@@H](c4ccc(C#N)cc4)C4CCCN4C)CC3)c21. The second-order valence-corrected chi connectivity index (χ2v) is 9.86. The molecule has 1 aromatic heterocycles. The standard InChI is InChI=1S/C26H32N6O2/c1-17-14-21(33)24-22(17)25(29-16-28-24)31-10-12-32(13-11-31)26(34)23(20-4-3-9-30(20)2)19-7-5-18(15-27)6-8-19/h5-8,16-17,20-21,23,33H,3-4,9-14H2,1-2H3/t17-,20?,21-,23+/m1/s1. The third kappa shape index (κ3) is 4.04. The zero-order chi connectivity index (χ0) is 23.8. The van der Waals surface area contributed by atoms with Gasteiger partial charge in [-0.25, -0.2) is 9.97 Å². The summed E-state index contributed by atoms with van der Waals surface area (Å²) >= 11 is 0. The molecule has 0 spiro atoms. The smallest absolute Gasteiger partial charge is 0.231 e. The van der Waals surface area contributed by atoms with Gasteiger partial charge in [0.2, 0.25) is 5.91 Å². The third-order valence-electron chi connectivity index (χ3n) is 7.80. The Balaban J connectivity index is 1.34. The molecule has 1 unspecified atom stereocenters. The summed E-state index contributed by atoms with van der Waals surface area (Å²) in [5, 5.41) is 19.5. The van der Waals surface area contributed by atoms with Gasteiger partial charge in [-0.15, -0.1) is 0 Å². The molecule has 4 atom stereocenters. The van der Waals surface area contributed by atoms with Crippen LogP contribution in [-0.2, 0) is 4.79 Å². The molecule has 8 heteroatoms. The van der Waals surface area contributed by atoms with Gasteiger partial charge in [0.05, 0.1) is 29.3 Å². The molecule has 3 aliphatic rings. The highest BCUT2D eigenvalue weighted by molar-refractivity contribution is 5.85. The van der Waals surface area contributed by atoms with Crippen molar-refractivity contribution in [2.75, 3.05) is 44.7 Å². The fourth-order valence-electron chi connectivity index (χ4n) is 5.94. The van der Waals surface area contributed by atoms with E-state index >= 15 is 0 Å². The number of amides is 1. The number of aromatic nitrogens is 2. The molecular formula is C26H32N6O2. The van der Waals surface area contributed by atoms with Crippen LogP contribution in [-0.4, -0.2) is 76.6 Å². The third-order valence-corrected chi connectivity index (χ3v) is 7.80. The molecule has 3 heterocycles. The molecule has 1 amide bonds. The number of aliphatic hydroxyl groups excluding tert-OH is 1. The number of benzene rings is 1. The number of rotatable bonds is 4. The van der Waals surface area contributed by atoms with Gasteiger partial charge in [0, 0.05) is 37.8 Å². The van der Waals surface area contributed by atoms with Crippen molar-refractivity contribution in [3.05, 3.63) is 53.0 Å². The summed E-state index contributed by atoms with van der Waals surface area (Å²) in [6.45, 7) is 5.80. The molecule has 178 valence electrons. The molecule has 2 aliphatic heterocycles. The highest BCUT2D eigenvalue weighted by Crippen LogP contribution is 2.43. The molecule has 0 bridgehead atoms. The fraction of sp³-hybridized carbons (Fsp3) is 0.538. The minimum Gasteiger partial charge on any atom is -0.387 e. The fourth-order valence-corrected chi connectivity index (χ4v) is 5.94. The second kappa shape index (κ2) is 9.32. The molecule has 1 aliphatic carbocycles. The Morgan fingerprint density at radius 2 is 1.88 bits per heavy atom. The topological polar surface area (TPSA) is 96.6 Å². The van der Waals surface area contributed by atoms with Crippen molar-refractivity contribution in [3.63, 3.8) is 0 Å². The van der Waals surface area contributed by atoms with Crippen molar-refractivity contribution < 1.29 is 9.90 Å². The van der Waals surface area contributed by atoms with E-state index in [2.05, 4.69) is 39.8 Å². The van der Waals surface area contributed by atoms with Crippen molar-refractivity contribution in [1.82, 2.24) is 19.8 Å². The van der Waals surface area contributed by atoms with Crippen molar-refractivity contribution in [2.45, 2.75) is 50.2 Å². The monoisotopic (exact) mass is 460 g/mol. The minimum absolute atomic E-state index is 0.166. The summed E-state index contributed by atoms with van der Waals surface area (Å²) in [5.41, 5.74) is 3.40. The van der Waals surface area contributed by atoms with Gasteiger partial charge < -0.3 is 19.8 Å². The zero-order valence-corrected chi connectivity index (χ0v) is 19.9. The molecule has 8 nitrogen and oxygen atoms in total. The molecule has 1 aromatic carbocycles. The van der Waals surface area contributed by atoms with Gasteiger partial charge in [-0.3, -0.25) is 4.79 Å². The van der Waals surface area contributed by atoms with E-state index in [1.54, 1.807) is 6.33 Å². The van der Waals surface area contributed by atoms with Crippen molar-refractivity contribution in [3.8, 4) is 6.07 Å². The van der Waals surface area contributed by atoms with E-state index < -0.39 is 6.10 Å². The highest BCUT2D eigenvalue weighted by Gasteiger charge is 2.39. The van der Waals surface area contributed by atoms with Crippen LogP contribution in [0.25, 0.3) is 0 Å². The number of likely N-dealkylation sites (N-methyl/N-ethyl adjacent to an activating group) is 1. The predicted octanol–water partition coefficient (Wildman–Crippen LogP) is 2.42. The average Bonchev–Trinajstić information content (AvgIpc) is 3.41. The van der Waals surface area contributed by atoms with Crippen LogP contribution in [0.2, 0.25) is 0 Å². The minimum atomic E-state index is -0.522. The first kappa shape index (κ1) is 22.8. The lowest BCUT2D eigenvalue weighted by atomic mass is 9.88. The van der Waals surface area contributed by atoms with E-state index in [9.17, 15) is 15.2 Å². The maximum Gasteiger partial charge on any atom is 0.231 e. The van der Waals surface area contributed by atoms with Crippen molar-refractivity contribution in [2.24, 2.45) is 0 Å². The lowest BCUT2D eigenvalue weighted by Crippen LogP contribution is -2.52. The highest BCUT2D eigenvalue weighted by atomic mass is 16.3. The Morgan fingerprint density at radius 1 is 1.15 bits per heavy atom. The number of nitrogens with zero attached hydrogens (tertiary/aromatic N) is 6. The Hall–Kier alpha value is -3.02. The molecule has 2 fully saturated rings. The summed E-state index contributed by atoms with van der Waals surface area (Å²) in [4.78, 5) is 29.3. The van der Waals surface area contributed by atoms with E-state index in [1.165, 1.54) is 0 Å². The van der Waals surface area contributed by atoms with Gasteiger partial charge in [0.15, 0.2) is 0 Å². The van der Waals surface area contributed by atoms with E-state index in [0.29, 0.717) is 38.2 Å². The van der Waals surface area contributed by atoms with Crippen LogP contribution in [0.1, 0.15) is 66.5 Å². The number of fused-ring (bicyclic) bond motifs is 1. The molecule has 0 saturated carbocycles. The number of aliphatic hydroxyl groups is 1. The molecule has 2 saturated heterocycles. The van der Waals surface area contributed by atoms with Crippen molar-refractivity contribution >= 4 is 11.7 Å². The van der Waals surface area contributed by atoms with Gasteiger partial charge in [0.25, 0.3) is 0 Å². The molecule has 1 N–H and O–H groups in total. The molecule has 0 radical (unpaired) electrons. The predicted molar refractivity (Wildman–Crippen MR) is 128 cm³/mol. The van der Waals surface area contributed by atoms with Crippen molar-refractivity contribution in [1.29, 1.82) is 5.26 Å². The number of piperazine rings is 1. The molecular weight excluding hydrogens is 428 g/mol. The Labute approximate surface area is 200 Å². The van der Waals surface area contributed by atoms with Crippen LogP contribution in [0.15, 0.2) is 30.6 Å². The normalized spacial score (nSPS) is 25.8. The van der Waals surface area contributed by atoms with Gasteiger partial charge in [-0.2, -0.15) is 5.26 Å². The first-order chi connectivity index (χ1) is 16.5. The lowest BCUT2D eigenvalue weighted by molar-refractivity contribution is -0.134. The maximum atomic E-state index is 13.9. The number of hydrogen-bond acceptors (Lipinski definition) is 7. The first-order valence-corrected chi connectivity index (χ1v) is 12.2. The van der Waals surface area contributed by atoms with Gasteiger partial charge in [-0.1, -0.05) is 19.1 Å². The number of anilines is 1. The second-order valence-electron chi connectivity index (χ2n) is 9.86. The summed E-state index contributed by atoms with van der Waals surface area (Å²) < 4.78 is 0. The van der Waals surface area contributed by atoms with Crippen LogP contribution in [0.5, 0.6) is 0 Å². The van der Waals surface area contributed by atoms with E-state index in [0.717, 1.165) is 42.0 Å². The average molecular weight is 461 g/mol. The summed E-state index contributed by atoms with van der Waals surface area (Å²) in [6.07, 6.45) is 3.80. The number of carbonyl (C=O) groups is 1. The van der Waals surface area contributed by atoms with Crippen LogP contribution in [0.3, 0.4) is 0 Å². The van der Waals surface area contributed by atoms with Gasteiger partial charge >= 0.3 is 0 Å². The number of nitriles is 1. The summed E-state index contributed by atoms with van der Waals surface area (Å²) in [5.74, 6) is 1.06. The Kier molecular flexibility index (Phi) is 6.24. The first-order valence-electron chi connectivity index (χ1n) is 12.2. The molecule has 2 aromatic rings. The summed E-state index contributed by atoms with van der Waals surface area (Å²) in [6, 6.07) is 9.86. The Bertz CT molecular complexity index is 1090. The zero-order valence-electron chi connectivity index (χ0n) is 19.9. The quantitative estimate of drug-likeness (QED) is 0.748. The number of hydrogen-bond donors (Lipinski definition) is 1. The molecule has 5 rings (SSSR count). The van der Waals surface area contributed by atoms with Gasteiger partial charge in [-0.05, 0) is 56.5 Å². The number of carbonyl (C=O) groups excluding carboxylic acids is 1. The largest absolute Gasteiger partial charge is 0.387 e. The van der Waals surface area contributed by atoms with Crippen LogP contribution >= 0.6 is 0 Å². The maximum absolute atomic E-state index is 13.9. The number of likely N-dealkylation sites (tertiary alicyclic amines) is 1. The van der Waals surface area contributed by atoms with Crippen LogP contribution < -0.4 is 4.90 Å². The van der Waals surface area contributed by atoms with Crippen LogP contribution in [0, 0.1) is 11.3 Å². The Morgan fingerprint density at radius 3 is 2.53 bits per heavy atom. The summed E-state index contributed by atoms with van der Waals surface area (Å²) in [7, 11) is 2.10.